The van der Waals surface area contributed by atoms with Gasteiger partial charge in [-0.05, 0) is 36.8 Å². The summed E-state index contributed by atoms with van der Waals surface area (Å²) in [6, 6.07) is 12.0. The van der Waals surface area contributed by atoms with Gasteiger partial charge in [0, 0.05) is 6.20 Å². The van der Waals surface area contributed by atoms with E-state index in [1.54, 1.807) is 6.20 Å². The molecule has 0 bridgehead atoms. The minimum atomic E-state index is 0.529. The summed E-state index contributed by atoms with van der Waals surface area (Å²) in [5.74, 6) is 0.529. The fourth-order valence-electron chi connectivity index (χ4n) is 2.07. The molecule has 1 aromatic carbocycles. The predicted molar refractivity (Wildman–Crippen MR) is 72.2 cm³/mol. The number of hydrogen-bond acceptors (Lipinski definition) is 3. The molecule has 4 heteroatoms. The molecule has 0 amide bonds. The van der Waals surface area contributed by atoms with Gasteiger partial charge in [0.25, 0.3) is 0 Å². The van der Waals surface area contributed by atoms with Gasteiger partial charge >= 0.3 is 0 Å². The van der Waals surface area contributed by atoms with Crippen LogP contribution in [0, 0.1) is 6.92 Å². The maximum atomic E-state index is 5.98. The number of aryl methyl sites for hydroxylation is 1. The number of benzene rings is 1. The fourth-order valence-corrected chi connectivity index (χ4v) is 2.07. The van der Waals surface area contributed by atoms with Gasteiger partial charge in [-0.3, -0.25) is 4.98 Å². The lowest BCUT2D eigenvalue weighted by atomic mass is 10.2. The van der Waals surface area contributed by atoms with Crippen molar-refractivity contribution in [2.24, 2.45) is 0 Å². The number of fused-ring (bicyclic) bond motifs is 1. The van der Waals surface area contributed by atoms with Gasteiger partial charge in [0.15, 0.2) is 0 Å². The van der Waals surface area contributed by atoms with E-state index in [-0.39, 0.29) is 0 Å². The molecule has 2 aromatic heterocycles. The van der Waals surface area contributed by atoms with E-state index in [4.69, 9.17) is 5.73 Å². The van der Waals surface area contributed by atoms with Gasteiger partial charge in [0.2, 0.25) is 5.95 Å². The first kappa shape index (κ1) is 10.8. The van der Waals surface area contributed by atoms with Crippen molar-refractivity contribution in [1.29, 1.82) is 0 Å². The third kappa shape index (κ3) is 1.82. The van der Waals surface area contributed by atoms with Gasteiger partial charge in [-0.15, -0.1) is 0 Å². The van der Waals surface area contributed by atoms with Crippen molar-refractivity contribution >= 4 is 17.0 Å². The van der Waals surface area contributed by atoms with E-state index in [2.05, 4.69) is 23.0 Å². The smallest absolute Gasteiger partial charge is 0.201 e. The van der Waals surface area contributed by atoms with Gasteiger partial charge in [-0.25, -0.2) is 4.98 Å². The number of nitrogens with zero attached hydrogens (tertiary/aromatic N) is 3. The van der Waals surface area contributed by atoms with Crippen LogP contribution < -0.4 is 5.73 Å². The van der Waals surface area contributed by atoms with Crippen molar-refractivity contribution in [3.05, 3.63) is 53.9 Å². The summed E-state index contributed by atoms with van der Waals surface area (Å²) in [6.45, 7) is 2.71. The topological polar surface area (TPSA) is 56.7 Å². The normalized spacial score (nSPS) is 10.9. The van der Waals surface area contributed by atoms with Crippen molar-refractivity contribution in [1.82, 2.24) is 14.5 Å². The third-order valence-corrected chi connectivity index (χ3v) is 2.98. The molecule has 0 saturated carbocycles. The van der Waals surface area contributed by atoms with Gasteiger partial charge in [-0.2, -0.15) is 0 Å². The van der Waals surface area contributed by atoms with E-state index >= 15 is 0 Å². The van der Waals surface area contributed by atoms with E-state index in [0.29, 0.717) is 12.5 Å². The molecule has 0 radical (unpaired) electrons. The van der Waals surface area contributed by atoms with Crippen molar-refractivity contribution in [3.63, 3.8) is 0 Å². The molecule has 3 aromatic rings. The molecule has 2 heterocycles. The highest BCUT2D eigenvalue weighted by atomic mass is 15.2. The average molecular weight is 238 g/mol. The van der Waals surface area contributed by atoms with Crippen LogP contribution in [0.3, 0.4) is 0 Å². The Morgan fingerprint density at radius 1 is 1.22 bits per heavy atom. The monoisotopic (exact) mass is 238 g/mol. The molecular weight excluding hydrogens is 224 g/mol. The molecular formula is C14H14N4. The largest absolute Gasteiger partial charge is 0.369 e. The second-order valence-corrected chi connectivity index (χ2v) is 4.37. The number of hydrogen-bond donors (Lipinski definition) is 1. The van der Waals surface area contributed by atoms with Gasteiger partial charge in [-0.1, -0.05) is 12.1 Å². The number of pyridine rings is 1. The van der Waals surface area contributed by atoms with Gasteiger partial charge < -0.3 is 10.3 Å². The molecule has 0 fully saturated rings. The quantitative estimate of drug-likeness (QED) is 0.745. The molecule has 0 spiro atoms. The Balaban J connectivity index is 2.11. The molecule has 0 atom stereocenters. The molecule has 0 unspecified atom stereocenters. The maximum Gasteiger partial charge on any atom is 0.201 e. The lowest BCUT2D eigenvalue weighted by Crippen LogP contribution is -2.05. The minimum Gasteiger partial charge on any atom is -0.369 e. The summed E-state index contributed by atoms with van der Waals surface area (Å²) in [6.07, 6.45) is 1.79. The minimum absolute atomic E-state index is 0.529. The molecule has 90 valence electrons. The van der Waals surface area contributed by atoms with E-state index in [1.807, 2.05) is 34.9 Å². The number of aromatic nitrogens is 3. The lowest BCUT2D eigenvalue weighted by Gasteiger charge is -2.06. The molecule has 2 N–H and O–H groups in total. The van der Waals surface area contributed by atoms with E-state index < -0.39 is 0 Å². The zero-order chi connectivity index (χ0) is 12.5. The maximum absolute atomic E-state index is 5.98. The summed E-state index contributed by atoms with van der Waals surface area (Å²) in [5.41, 5.74) is 10.1. The number of imidazole rings is 1. The SMILES string of the molecule is Cc1ccc2nc(N)n(Cc3ccccn3)c2c1. The van der Waals surface area contributed by atoms with Crippen LogP contribution in [0.15, 0.2) is 42.6 Å². The van der Waals surface area contributed by atoms with E-state index in [1.165, 1.54) is 5.56 Å². The Morgan fingerprint density at radius 2 is 2.11 bits per heavy atom. The van der Waals surface area contributed by atoms with Crippen LogP contribution in [-0.2, 0) is 6.54 Å². The zero-order valence-corrected chi connectivity index (χ0v) is 10.2. The first-order valence-electron chi connectivity index (χ1n) is 5.86. The predicted octanol–water partition coefficient (Wildman–Crippen LogP) is 2.37. The van der Waals surface area contributed by atoms with Crippen LogP contribution in [0.25, 0.3) is 11.0 Å². The summed E-state index contributed by atoms with van der Waals surface area (Å²) in [5, 5.41) is 0. The van der Waals surface area contributed by atoms with Crippen LogP contribution in [0.2, 0.25) is 0 Å². The number of nitrogens with two attached hydrogens (primary N) is 1. The molecule has 4 nitrogen and oxygen atoms in total. The van der Waals surface area contributed by atoms with Gasteiger partial charge in [0.05, 0.1) is 23.3 Å². The Kier molecular flexibility index (Phi) is 2.48. The van der Waals surface area contributed by atoms with E-state index in [0.717, 1.165) is 16.7 Å². The summed E-state index contributed by atoms with van der Waals surface area (Å²) < 4.78 is 1.99. The summed E-state index contributed by atoms with van der Waals surface area (Å²) >= 11 is 0. The standard InChI is InChI=1S/C14H14N4/c1-10-5-6-12-13(8-10)18(14(15)17-12)9-11-4-2-3-7-16-11/h2-8H,9H2,1H3,(H2,15,17). The molecule has 0 aliphatic rings. The van der Waals surface area contributed by atoms with Crippen LogP contribution in [0.1, 0.15) is 11.3 Å². The number of nitrogen functional groups attached to an aromatic ring is 1. The summed E-state index contributed by atoms with van der Waals surface area (Å²) in [7, 11) is 0. The van der Waals surface area contributed by atoms with Crippen molar-refractivity contribution in [2.45, 2.75) is 13.5 Å². The average Bonchev–Trinajstić information content (AvgIpc) is 2.67. The van der Waals surface area contributed by atoms with Crippen molar-refractivity contribution < 1.29 is 0 Å². The molecule has 0 aliphatic carbocycles. The fraction of sp³-hybridized carbons (Fsp3) is 0.143. The van der Waals surface area contributed by atoms with Gasteiger partial charge in [0.1, 0.15) is 0 Å². The van der Waals surface area contributed by atoms with Crippen molar-refractivity contribution in [3.8, 4) is 0 Å². The molecule has 0 saturated heterocycles. The molecule has 0 aliphatic heterocycles. The lowest BCUT2D eigenvalue weighted by molar-refractivity contribution is 0.809. The highest BCUT2D eigenvalue weighted by molar-refractivity contribution is 5.79. The number of rotatable bonds is 2. The van der Waals surface area contributed by atoms with Crippen LogP contribution >= 0.6 is 0 Å². The zero-order valence-electron chi connectivity index (χ0n) is 10.2. The summed E-state index contributed by atoms with van der Waals surface area (Å²) in [4.78, 5) is 8.68. The van der Waals surface area contributed by atoms with Crippen molar-refractivity contribution in [2.75, 3.05) is 5.73 Å². The first-order valence-corrected chi connectivity index (χ1v) is 5.86. The Bertz CT molecular complexity index is 686. The highest BCUT2D eigenvalue weighted by Gasteiger charge is 2.08. The van der Waals surface area contributed by atoms with Crippen LogP contribution in [0.4, 0.5) is 5.95 Å². The Morgan fingerprint density at radius 3 is 2.89 bits per heavy atom. The Labute approximate surface area is 105 Å². The second-order valence-electron chi connectivity index (χ2n) is 4.37. The van der Waals surface area contributed by atoms with Crippen LogP contribution in [0.5, 0.6) is 0 Å². The second kappa shape index (κ2) is 4.14. The van der Waals surface area contributed by atoms with Crippen LogP contribution in [-0.4, -0.2) is 14.5 Å². The first-order chi connectivity index (χ1) is 8.74. The molecule has 3 rings (SSSR count). The van der Waals surface area contributed by atoms with E-state index in [9.17, 15) is 0 Å². The Hall–Kier alpha value is -2.36. The number of anilines is 1. The molecule has 18 heavy (non-hydrogen) atoms. The third-order valence-electron chi connectivity index (χ3n) is 2.98. The highest BCUT2D eigenvalue weighted by Crippen LogP contribution is 2.20.